The van der Waals surface area contributed by atoms with Crippen molar-refractivity contribution >= 4 is 5.91 Å². The summed E-state index contributed by atoms with van der Waals surface area (Å²) in [6, 6.07) is 8.46. The van der Waals surface area contributed by atoms with Crippen molar-refractivity contribution in [1.82, 2.24) is 15.5 Å². The van der Waals surface area contributed by atoms with Gasteiger partial charge in [-0.2, -0.15) is 0 Å². The number of likely N-dealkylation sites (N-methyl/N-ethyl adjacent to an activating group) is 1. The molecule has 2 N–H and O–H groups in total. The highest BCUT2D eigenvalue weighted by molar-refractivity contribution is 5.82. The molecular formula is C16H25N3O. The number of hydrogen-bond donors (Lipinski definition) is 2. The number of rotatable bonds is 5. The standard InChI is InChI=1S/C16H25N3O/c1-3-13-7-5-6-8-14(13)12-19-10-9-17-11-15(19)16(20)18-4-2/h5-8,15,17H,3-4,9-12H2,1-2H3,(H,18,20). The van der Waals surface area contributed by atoms with Crippen molar-refractivity contribution in [3.05, 3.63) is 35.4 Å². The first-order valence-corrected chi connectivity index (χ1v) is 7.55. The summed E-state index contributed by atoms with van der Waals surface area (Å²) in [6.45, 7) is 8.29. The van der Waals surface area contributed by atoms with Crippen LogP contribution in [-0.4, -0.2) is 43.0 Å². The molecule has 1 unspecified atom stereocenters. The first-order valence-electron chi connectivity index (χ1n) is 7.55. The number of benzene rings is 1. The zero-order valence-electron chi connectivity index (χ0n) is 12.5. The molecule has 1 aliphatic rings. The van der Waals surface area contributed by atoms with Gasteiger partial charge in [0.25, 0.3) is 0 Å². The minimum absolute atomic E-state index is 0.0615. The first-order chi connectivity index (χ1) is 9.76. The summed E-state index contributed by atoms with van der Waals surface area (Å²) in [4.78, 5) is 14.4. The van der Waals surface area contributed by atoms with Crippen LogP contribution < -0.4 is 10.6 Å². The van der Waals surface area contributed by atoms with E-state index < -0.39 is 0 Å². The first kappa shape index (κ1) is 15.0. The highest BCUT2D eigenvalue weighted by Gasteiger charge is 2.28. The summed E-state index contributed by atoms with van der Waals surface area (Å²) in [6.07, 6.45) is 1.04. The van der Waals surface area contributed by atoms with Gasteiger partial charge in [-0.25, -0.2) is 0 Å². The molecular weight excluding hydrogens is 250 g/mol. The summed E-state index contributed by atoms with van der Waals surface area (Å²) in [5, 5.41) is 6.26. The normalized spacial score (nSPS) is 19.8. The molecule has 1 aromatic rings. The van der Waals surface area contributed by atoms with Crippen LogP contribution in [0.5, 0.6) is 0 Å². The lowest BCUT2D eigenvalue weighted by molar-refractivity contribution is -0.127. The Hall–Kier alpha value is -1.39. The molecule has 1 saturated heterocycles. The van der Waals surface area contributed by atoms with E-state index in [1.54, 1.807) is 0 Å². The van der Waals surface area contributed by atoms with Gasteiger partial charge in [0.15, 0.2) is 0 Å². The van der Waals surface area contributed by atoms with E-state index in [2.05, 4.69) is 46.7 Å². The monoisotopic (exact) mass is 275 g/mol. The van der Waals surface area contributed by atoms with E-state index in [4.69, 9.17) is 0 Å². The quantitative estimate of drug-likeness (QED) is 0.847. The van der Waals surface area contributed by atoms with Crippen LogP contribution in [0.4, 0.5) is 0 Å². The molecule has 1 aromatic carbocycles. The Morgan fingerprint density at radius 3 is 2.80 bits per heavy atom. The predicted molar refractivity (Wildman–Crippen MR) is 81.6 cm³/mol. The number of piperazine rings is 1. The largest absolute Gasteiger partial charge is 0.355 e. The van der Waals surface area contributed by atoms with Gasteiger partial charge >= 0.3 is 0 Å². The van der Waals surface area contributed by atoms with Crippen LogP contribution in [0.15, 0.2) is 24.3 Å². The van der Waals surface area contributed by atoms with Crippen LogP contribution in [-0.2, 0) is 17.8 Å². The Balaban J connectivity index is 2.10. The lowest BCUT2D eigenvalue weighted by atomic mass is 10.0. The molecule has 1 amide bonds. The van der Waals surface area contributed by atoms with Crippen molar-refractivity contribution < 1.29 is 4.79 Å². The van der Waals surface area contributed by atoms with Gasteiger partial charge in [0.2, 0.25) is 5.91 Å². The highest BCUT2D eigenvalue weighted by Crippen LogP contribution is 2.15. The molecule has 4 heteroatoms. The maximum Gasteiger partial charge on any atom is 0.238 e. The Labute approximate surface area is 121 Å². The second-order valence-corrected chi connectivity index (χ2v) is 5.21. The molecule has 0 aromatic heterocycles. The van der Waals surface area contributed by atoms with E-state index in [0.717, 1.165) is 32.6 Å². The van der Waals surface area contributed by atoms with Crippen molar-refractivity contribution in [2.45, 2.75) is 32.9 Å². The molecule has 0 bridgehead atoms. The molecule has 2 rings (SSSR count). The number of hydrogen-bond acceptors (Lipinski definition) is 3. The second-order valence-electron chi connectivity index (χ2n) is 5.21. The van der Waals surface area contributed by atoms with Crippen molar-refractivity contribution in [2.24, 2.45) is 0 Å². The van der Waals surface area contributed by atoms with E-state index in [1.807, 2.05) is 6.92 Å². The van der Waals surface area contributed by atoms with Gasteiger partial charge in [0.05, 0.1) is 0 Å². The smallest absolute Gasteiger partial charge is 0.238 e. The zero-order chi connectivity index (χ0) is 14.4. The van der Waals surface area contributed by atoms with Gasteiger partial charge in [-0.3, -0.25) is 9.69 Å². The summed E-state index contributed by atoms with van der Waals surface area (Å²) >= 11 is 0. The van der Waals surface area contributed by atoms with Crippen molar-refractivity contribution in [3.63, 3.8) is 0 Å². The van der Waals surface area contributed by atoms with Gasteiger partial charge in [-0.1, -0.05) is 31.2 Å². The summed E-state index contributed by atoms with van der Waals surface area (Å²) in [5.74, 6) is 0.133. The van der Waals surface area contributed by atoms with Crippen LogP contribution in [0, 0.1) is 0 Å². The van der Waals surface area contributed by atoms with E-state index in [1.165, 1.54) is 11.1 Å². The van der Waals surface area contributed by atoms with Gasteiger partial charge in [0, 0.05) is 32.7 Å². The number of carbonyl (C=O) groups is 1. The molecule has 1 fully saturated rings. The molecule has 0 radical (unpaired) electrons. The van der Waals surface area contributed by atoms with Crippen LogP contribution >= 0.6 is 0 Å². The van der Waals surface area contributed by atoms with Crippen LogP contribution in [0.25, 0.3) is 0 Å². The van der Waals surface area contributed by atoms with Crippen molar-refractivity contribution in [1.29, 1.82) is 0 Å². The summed E-state index contributed by atoms with van der Waals surface area (Å²) < 4.78 is 0. The number of carbonyl (C=O) groups excluding carboxylic acids is 1. The number of nitrogens with one attached hydrogen (secondary N) is 2. The molecule has 0 aliphatic carbocycles. The third-order valence-corrected chi connectivity index (χ3v) is 3.88. The van der Waals surface area contributed by atoms with Crippen LogP contribution in [0.2, 0.25) is 0 Å². The molecule has 20 heavy (non-hydrogen) atoms. The van der Waals surface area contributed by atoms with Crippen molar-refractivity contribution in [3.8, 4) is 0 Å². The van der Waals surface area contributed by atoms with Gasteiger partial charge in [-0.05, 0) is 24.5 Å². The minimum Gasteiger partial charge on any atom is -0.355 e. The van der Waals surface area contributed by atoms with Gasteiger partial charge in [0.1, 0.15) is 6.04 Å². The molecule has 110 valence electrons. The molecule has 1 atom stereocenters. The average Bonchev–Trinajstić information content (AvgIpc) is 2.48. The molecule has 0 spiro atoms. The summed E-state index contributed by atoms with van der Waals surface area (Å²) in [7, 11) is 0. The highest BCUT2D eigenvalue weighted by atomic mass is 16.2. The van der Waals surface area contributed by atoms with E-state index in [9.17, 15) is 4.79 Å². The molecule has 1 heterocycles. The Kier molecular flexibility index (Phi) is 5.56. The number of aryl methyl sites for hydroxylation is 1. The number of amides is 1. The second kappa shape index (κ2) is 7.41. The maximum absolute atomic E-state index is 12.2. The zero-order valence-corrected chi connectivity index (χ0v) is 12.5. The van der Waals surface area contributed by atoms with Crippen LogP contribution in [0.1, 0.15) is 25.0 Å². The Morgan fingerprint density at radius 1 is 1.35 bits per heavy atom. The molecule has 4 nitrogen and oxygen atoms in total. The SMILES string of the molecule is CCNC(=O)C1CNCCN1Cc1ccccc1CC. The fourth-order valence-corrected chi connectivity index (χ4v) is 2.76. The van der Waals surface area contributed by atoms with Crippen molar-refractivity contribution in [2.75, 3.05) is 26.2 Å². The van der Waals surface area contributed by atoms with E-state index >= 15 is 0 Å². The molecule has 1 aliphatic heterocycles. The minimum atomic E-state index is -0.0615. The fourth-order valence-electron chi connectivity index (χ4n) is 2.76. The molecule has 0 saturated carbocycles. The van der Waals surface area contributed by atoms with Crippen LogP contribution in [0.3, 0.4) is 0 Å². The summed E-state index contributed by atoms with van der Waals surface area (Å²) in [5.41, 5.74) is 2.71. The number of nitrogens with zero attached hydrogens (tertiary/aromatic N) is 1. The lowest BCUT2D eigenvalue weighted by Gasteiger charge is -2.35. The third-order valence-electron chi connectivity index (χ3n) is 3.88. The maximum atomic E-state index is 12.2. The van der Waals surface area contributed by atoms with Gasteiger partial charge in [-0.15, -0.1) is 0 Å². The predicted octanol–water partition coefficient (Wildman–Crippen LogP) is 1.16. The lowest BCUT2D eigenvalue weighted by Crippen LogP contribution is -2.57. The Morgan fingerprint density at radius 2 is 2.10 bits per heavy atom. The van der Waals surface area contributed by atoms with E-state index in [0.29, 0.717) is 6.54 Å². The average molecular weight is 275 g/mol. The fraction of sp³-hybridized carbons (Fsp3) is 0.562. The third kappa shape index (κ3) is 3.58. The topological polar surface area (TPSA) is 44.4 Å². The van der Waals surface area contributed by atoms with Gasteiger partial charge < -0.3 is 10.6 Å². The Bertz CT molecular complexity index is 447. The van der Waals surface area contributed by atoms with E-state index in [-0.39, 0.29) is 11.9 Å².